The van der Waals surface area contributed by atoms with E-state index in [-0.39, 0.29) is 15.7 Å². The average Bonchev–Trinajstić information content (AvgIpc) is 2.22. The summed E-state index contributed by atoms with van der Waals surface area (Å²) in [6, 6.07) is 2.08. The van der Waals surface area contributed by atoms with Crippen LogP contribution in [0.2, 0.25) is 15.1 Å². The van der Waals surface area contributed by atoms with E-state index in [2.05, 4.69) is 10.6 Å². The first kappa shape index (κ1) is 15.9. The fourth-order valence-corrected chi connectivity index (χ4v) is 2.06. The van der Waals surface area contributed by atoms with Crippen molar-refractivity contribution in [3.05, 3.63) is 27.2 Å². The molecule has 0 spiro atoms. The standard InChI is InChI=1S/C11H11Cl3N2O3/c1-11(2,9(17)18)16-10(19)15-8-6(13)3-5(12)4-7(8)14/h3-4H,1-2H3,(H,17,18)(H2,15,16,19). The molecular formula is C11H11Cl3N2O3. The maximum Gasteiger partial charge on any atom is 0.328 e. The molecule has 0 atom stereocenters. The Balaban J connectivity index is 2.87. The van der Waals surface area contributed by atoms with Gasteiger partial charge in [-0.15, -0.1) is 0 Å². The number of urea groups is 1. The van der Waals surface area contributed by atoms with Gasteiger partial charge in [0.2, 0.25) is 0 Å². The number of anilines is 1. The van der Waals surface area contributed by atoms with Gasteiger partial charge in [-0.3, -0.25) is 0 Å². The number of nitrogens with one attached hydrogen (secondary N) is 2. The minimum absolute atomic E-state index is 0.154. The van der Waals surface area contributed by atoms with Gasteiger partial charge in [0, 0.05) is 5.02 Å². The summed E-state index contributed by atoms with van der Waals surface area (Å²) < 4.78 is 0. The van der Waals surface area contributed by atoms with Crippen molar-refractivity contribution in [1.82, 2.24) is 5.32 Å². The van der Waals surface area contributed by atoms with Crippen LogP contribution in [0.5, 0.6) is 0 Å². The number of hydrogen-bond acceptors (Lipinski definition) is 2. The van der Waals surface area contributed by atoms with Crippen LogP contribution in [0.4, 0.5) is 10.5 Å². The molecule has 0 radical (unpaired) electrons. The summed E-state index contributed by atoms with van der Waals surface area (Å²) in [5.41, 5.74) is -1.26. The maximum absolute atomic E-state index is 11.7. The minimum Gasteiger partial charge on any atom is -0.480 e. The summed E-state index contributed by atoms with van der Waals surface area (Å²) in [5, 5.41) is 14.2. The van der Waals surface area contributed by atoms with Gasteiger partial charge < -0.3 is 15.7 Å². The van der Waals surface area contributed by atoms with Gasteiger partial charge in [0.25, 0.3) is 0 Å². The SMILES string of the molecule is CC(C)(NC(=O)Nc1c(Cl)cc(Cl)cc1Cl)C(=O)O. The number of aliphatic carboxylic acids is 1. The summed E-state index contributed by atoms with van der Waals surface area (Å²) in [7, 11) is 0. The molecule has 5 nitrogen and oxygen atoms in total. The zero-order chi connectivity index (χ0) is 14.8. The second-order valence-corrected chi connectivity index (χ2v) is 5.50. The van der Waals surface area contributed by atoms with Crippen LogP contribution in [0.15, 0.2) is 12.1 Å². The monoisotopic (exact) mass is 324 g/mol. The van der Waals surface area contributed by atoms with E-state index in [1.807, 2.05) is 0 Å². The third-order valence-electron chi connectivity index (χ3n) is 2.21. The number of carboxylic acid groups (broad SMARTS) is 1. The largest absolute Gasteiger partial charge is 0.480 e. The van der Waals surface area contributed by atoms with Gasteiger partial charge in [-0.05, 0) is 26.0 Å². The molecule has 0 aromatic heterocycles. The lowest BCUT2D eigenvalue weighted by Crippen LogP contribution is -2.51. The Morgan fingerprint density at radius 2 is 1.63 bits per heavy atom. The van der Waals surface area contributed by atoms with Crippen molar-refractivity contribution in [2.75, 3.05) is 5.32 Å². The Morgan fingerprint density at radius 3 is 2.05 bits per heavy atom. The molecule has 1 aromatic carbocycles. The zero-order valence-corrected chi connectivity index (χ0v) is 12.3. The molecule has 19 heavy (non-hydrogen) atoms. The van der Waals surface area contributed by atoms with E-state index in [0.29, 0.717) is 5.02 Å². The second kappa shape index (κ2) is 5.86. The van der Waals surface area contributed by atoms with Crippen molar-refractivity contribution in [2.45, 2.75) is 19.4 Å². The molecule has 0 aliphatic carbocycles. The van der Waals surface area contributed by atoms with Crippen molar-refractivity contribution in [3.8, 4) is 0 Å². The molecule has 2 amide bonds. The van der Waals surface area contributed by atoms with Gasteiger partial charge in [-0.1, -0.05) is 34.8 Å². The van der Waals surface area contributed by atoms with Crippen molar-refractivity contribution in [3.63, 3.8) is 0 Å². The lowest BCUT2D eigenvalue weighted by Gasteiger charge is -2.21. The van der Waals surface area contributed by atoms with Gasteiger partial charge in [-0.25, -0.2) is 9.59 Å². The first-order valence-electron chi connectivity index (χ1n) is 5.10. The first-order chi connectivity index (χ1) is 8.63. The second-order valence-electron chi connectivity index (χ2n) is 4.25. The normalized spacial score (nSPS) is 11.0. The van der Waals surface area contributed by atoms with Gasteiger partial charge in [0.1, 0.15) is 5.54 Å². The summed E-state index contributed by atoms with van der Waals surface area (Å²) in [6.45, 7) is 2.69. The molecule has 1 rings (SSSR count). The van der Waals surface area contributed by atoms with Crippen LogP contribution in [-0.4, -0.2) is 22.6 Å². The predicted octanol–water partition coefficient (Wildman–Crippen LogP) is 3.63. The molecule has 0 fully saturated rings. The maximum atomic E-state index is 11.7. The predicted molar refractivity (Wildman–Crippen MR) is 75.3 cm³/mol. The van der Waals surface area contributed by atoms with Gasteiger partial charge in [0.05, 0.1) is 15.7 Å². The lowest BCUT2D eigenvalue weighted by molar-refractivity contribution is -0.142. The van der Waals surface area contributed by atoms with E-state index in [0.717, 1.165) is 0 Å². The summed E-state index contributed by atoms with van der Waals surface area (Å²) in [6.07, 6.45) is 0. The Bertz CT molecular complexity index is 509. The van der Waals surface area contributed by atoms with E-state index in [1.165, 1.54) is 26.0 Å². The van der Waals surface area contributed by atoms with Crippen LogP contribution in [0.1, 0.15) is 13.8 Å². The topological polar surface area (TPSA) is 78.4 Å². The van der Waals surface area contributed by atoms with Crippen LogP contribution in [0.25, 0.3) is 0 Å². The molecule has 0 heterocycles. The number of carboxylic acids is 1. The Morgan fingerprint density at radius 1 is 1.16 bits per heavy atom. The molecule has 0 bridgehead atoms. The van der Waals surface area contributed by atoms with Gasteiger partial charge >= 0.3 is 12.0 Å². The van der Waals surface area contributed by atoms with E-state index in [9.17, 15) is 9.59 Å². The van der Waals surface area contributed by atoms with Crippen molar-refractivity contribution in [2.24, 2.45) is 0 Å². The highest BCUT2D eigenvalue weighted by atomic mass is 35.5. The molecule has 0 aliphatic rings. The van der Waals surface area contributed by atoms with Crippen molar-refractivity contribution in [1.29, 1.82) is 0 Å². The number of hydrogen-bond donors (Lipinski definition) is 3. The first-order valence-corrected chi connectivity index (χ1v) is 6.24. The number of amides is 2. The highest BCUT2D eigenvalue weighted by Crippen LogP contribution is 2.33. The molecule has 0 saturated carbocycles. The molecule has 1 aromatic rings. The van der Waals surface area contributed by atoms with Crippen LogP contribution in [0, 0.1) is 0 Å². The highest BCUT2D eigenvalue weighted by Gasteiger charge is 2.29. The van der Waals surface area contributed by atoms with Gasteiger partial charge in [0.15, 0.2) is 0 Å². The molecule has 0 saturated heterocycles. The third-order valence-corrected chi connectivity index (χ3v) is 3.02. The number of rotatable bonds is 3. The van der Waals surface area contributed by atoms with Crippen LogP contribution in [0.3, 0.4) is 0 Å². The summed E-state index contributed by atoms with van der Waals surface area (Å²) >= 11 is 17.5. The quantitative estimate of drug-likeness (QED) is 0.794. The van der Waals surface area contributed by atoms with Crippen LogP contribution < -0.4 is 10.6 Å². The Labute approximate surface area is 124 Å². The van der Waals surface area contributed by atoms with Crippen LogP contribution in [-0.2, 0) is 4.79 Å². The Kier molecular flexibility index (Phi) is 4.90. The fraction of sp³-hybridized carbons (Fsp3) is 0.273. The number of carbonyl (C=O) groups excluding carboxylic acids is 1. The van der Waals surface area contributed by atoms with E-state index in [1.54, 1.807) is 0 Å². The zero-order valence-electron chi connectivity index (χ0n) is 10.1. The van der Waals surface area contributed by atoms with Crippen molar-refractivity contribution < 1.29 is 14.7 Å². The van der Waals surface area contributed by atoms with Gasteiger partial charge in [-0.2, -0.15) is 0 Å². The lowest BCUT2D eigenvalue weighted by atomic mass is 10.1. The summed E-state index contributed by atoms with van der Waals surface area (Å²) in [4.78, 5) is 22.6. The molecule has 104 valence electrons. The molecule has 0 unspecified atom stereocenters. The number of halogens is 3. The fourth-order valence-electron chi connectivity index (χ4n) is 1.14. The average molecular weight is 326 g/mol. The minimum atomic E-state index is -1.42. The molecule has 8 heteroatoms. The van der Waals surface area contributed by atoms with E-state index >= 15 is 0 Å². The molecular weight excluding hydrogens is 314 g/mol. The number of benzene rings is 1. The smallest absolute Gasteiger partial charge is 0.328 e. The highest BCUT2D eigenvalue weighted by molar-refractivity contribution is 6.42. The van der Waals surface area contributed by atoms with Crippen LogP contribution >= 0.6 is 34.8 Å². The molecule has 3 N–H and O–H groups in total. The van der Waals surface area contributed by atoms with Crippen molar-refractivity contribution >= 4 is 52.5 Å². The number of carbonyl (C=O) groups is 2. The Hall–Kier alpha value is -1.17. The van der Waals surface area contributed by atoms with E-state index in [4.69, 9.17) is 39.9 Å². The third kappa shape index (κ3) is 4.16. The summed E-state index contributed by atoms with van der Waals surface area (Å²) in [5.74, 6) is -1.17. The van der Waals surface area contributed by atoms with E-state index < -0.39 is 17.5 Å². The molecule has 0 aliphatic heterocycles.